The van der Waals surface area contributed by atoms with Gasteiger partial charge >= 0.3 is 0 Å². The van der Waals surface area contributed by atoms with E-state index < -0.39 is 11.7 Å². The van der Waals surface area contributed by atoms with Gasteiger partial charge in [-0.15, -0.1) is 11.3 Å². The van der Waals surface area contributed by atoms with Crippen molar-refractivity contribution in [3.63, 3.8) is 0 Å². The molecule has 3 N–H and O–H groups in total. The molecule has 1 atom stereocenters. The number of halogens is 1. The first-order valence-corrected chi connectivity index (χ1v) is 7.18. The van der Waals surface area contributed by atoms with Gasteiger partial charge in [0.25, 0.3) is 5.91 Å². The van der Waals surface area contributed by atoms with Crippen LogP contribution in [0.3, 0.4) is 0 Å². The summed E-state index contributed by atoms with van der Waals surface area (Å²) in [7, 11) is 0. The SMILES string of the molecule is CC(NC(=O)c1cc(F)ccc1C#CCN)c1nccs1. The van der Waals surface area contributed by atoms with Crippen molar-refractivity contribution in [1.29, 1.82) is 0 Å². The van der Waals surface area contributed by atoms with Crippen molar-refractivity contribution in [1.82, 2.24) is 10.3 Å². The van der Waals surface area contributed by atoms with Gasteiger partial charge in [-0.2, -0.15) is 0 Å². The van der Waals surface area contributed by atoms with Crippen molar-refractivity contribution in [2.45, 2.75) is 13.0 Å². The fourth-order valence-electron chi connectivity index (χ4n) is 1.74. The molecule has 108 valence electrons. The molecule has 0 aliphatic heterocycles. The first kappa shape index (κ1) is 15.2. The Bertz CT molecular complexity index is 689. The topological polar surface area (TPSA) is 68.0 Å². The minimum absolute atomic E-state index is 0.175. The van der Waals surface area contributed by atoms with Crippen molar-refractivity contribution in [2.24, 2.45) is 5.73 Å². The summed E-state index contributed by atoms with van der Waals surface area (Å²) in [6.07, 6.45) is 1.67. The van der Waals surface area contributed by atoms with Crippen LogP contribution >= 0.6 is 11.3 Å². The Balaban J connectivity index is 2.24. The zero-order valence-corrected chi connectivity index (χ0v) is 12.2. The minimum Gasteiger partial charge on any atom is -0.343 e. The molecule has 0 aliphatic carbocycles. The predicted molar refractivity (Wildman–Crippen MR) is 80.3 cm³/mol. The first-order chi connectivity index (χ1) is 10.1. The third kappa shape index (κ3) is 3.88. The highest BCUT2D eigenvalue weighted by Crippen LogP contribution is 2.17. The van der Waals surface area contributed by atoms with Crippen LogP contribution in [0.2, 0.25) is 0 Å². The van der Waals surface area contributed by atoms with Crippen LogP contribution in [0, 0.1) is 17.7 Å². The number of aromatic nitrogens is 1. The van der Waals surface area contributed by atoms with Gasteiger partial charge in [0.15, 0.2) is 0 Å². The molecule has 2 aromatic rings. The summed E-state index contributed by atoms with van der Waals surface area (Å²) in [5, 5.41) is 5.40. The molecule has 1 aromatic carbocycles. The van der Waals surface area contributed by atoms with Crippen LogP contribution in [-0.4, -0.2) is 17.4 Å². The number of carbonyl (C=O) groups is 1. The van der Waals surface area contributed by atoms with E-state index >= 15 is 0 Å². The van der Waals surface area contributed by atoms with E-state index in [9.17, 15) is 9.18 Å². The summed E-state index contributed by atoms with van der Waals surface area (Å²) in [5.74, 6) is 4.56. The van der Waals surface area contributed by atoms with E-state index in [1.807, 2.05) is 12.3 Å². The second-order valence-electron chi connectivity index (χ2n) is 4.26. The molecule has 0 spiro atoms. The van der Waals surface area contributed by atoms with Gasteiger partial charge in [0, 0.05) is 17.1 Å². The van der Waals surface area contributed by atoms with Gasteiger partial charge in [-0.3, -0.25) is 4.79 Å². The molecule has 0 fully saturated rings. The molecule has 1 heterocycles. The molecular formula is C15H14FN3OS. The van der Waals surface area contributed by atoms with Crippen LogP contribution in [0.4, 0.5) is 4.39 Å². The largest absolute Gasteiger partial charge is 0.343 e. The van der Waals surface area contributed by atoms with Gasteiger partial charge < -0.3 is 11.1 Å². The fraction of sp³-hybridized carbons (Fsp3) is 0.200. The average Bonchev–Trinajstić information content (AvgIpc) is 3.00. The summed E-state index contributed by atoms with van der Waals surface area (Å²) >= 11 is 1.45. The Labute approximate surface area is 126 Å². The van der Waals surface area contributed by atoms with Crippen LogP contribution < -0.4 is 11.1 Å². The Morgan fingerprint density at radius 1 is 1.57 bits per heavy atom. The molecule has 0 bridgehead atoms. The van der Waals surface area contributed by atoms with Crippen LogP contribution in [0.15, 0.2) is 29.8 Å². The number of nitrogens with two attached hydrogens (primary N) is 1. The summed E-state index contributed by atoms with van der Waals surface area (Å²) in [4.78, 5) is 16.4. The van der Waals surface area contributed by atoms with Crippen LogP contribution in [0.1, 0.15) is 33.9 Å². The molecule has 2 rings (SSSR count). The van der Waals surface area contributed by atoms with Crippen LogP contribution in [0.25, 0.3) is 0 Å². The van der Waals surface area contributed by atoms with Crippen molar-refractivity contribution < 1.29 is 9.18 Å². The van der Waals surface area contributed by atoms with Gasteiger partial charge in [0.2, 0.25) is 0 Å². The Morgan fingerprint density at radius 3 is 3.05 bits per heavy atom. The first-order valence-electron chi connectivity index (χ1n) is 6.30. The zero-order valence-electron chi connectivity index (χ0n) is 11.4. The smallest absolute Gasteiger partial charge is 0.253 e. The predicted octanol–water partition coefficient (Wildman–Crippen LogP) is 2.08. The average molecular weight is 303 g/mol. The lowest BCUT2D eigenvalue weighted by atomic mass is 10.1. The number of rotatable bonds is 3. The Kier molecular flexibility index (Phi) is 5.04. The number of nitrogens with one attached hydrogen (secondary N) is 1. The van der Waals surface area contributed by atoms with E-state index in [0.717, 1.165) is 5.01 Å². The van der Waals surface area contributed by atoms with E-state index in [1.54, 1.807) is 6.20 Å². The van der Waals surface area contributed by atoms with Gasteiger partial charge in [-0.05, 0) is 25.1 Å². The molecular weight excluding hydrogens is 289 g/mol. The number of benzene rings is 1. The number of hydrogen-bond donors (Lipinski definition) is 2. The van der Waals surface area contributed by atoms with E-state index in [-0.39, 0.29) is 18.2 Å². The van der Waals surface area contributed by atoms with E-state index in [4.69, 9.17) is 5.73 Å². The van der Waals surface area contributed by atoms with Gasteiger partial charge in [-0.25, -0.2) is 9.37 Å². The summed E-state index contributed by atoms with van der Waals surface area (Å²) in [5.41, 5.74) is 5.97. The molecule has 0 aliphatic rings. The van der Waals surface area contributed by atoms with Crippen LogP contribution in [0.5, 0.6) is 0 Å². The van der Waals surface area contributed by atoms with Crippen LogP contribution in [-0.2, 0) is 0 Å². The Morgan fingerprint density at radius 2 is 2.38 bits per heavy atom. The fourth-order valence-corrected chi connectivity index (χ4v) is 2.39. The third-order valence-electron chi connectivity index (χ3n) is 2.72. The highest BCUT2D eigenvalue weighted by molar-refractivity contribution is 7.09. The van der Waals surface area contributed by atoms with E-state index in [0.29, 0.717) is 5.56 Å². The quantitative estimate of drug-likeness (QED) is 0.853. The molecule has 21 heavy (non-hydrogen) atoms. The molecule has 1 aromatic heterocycles. The van der Waals surface area contributed by atoms with E-state index in [2.05, 4.69) is 22.1 Å². The number of hydrogen-bond acceptors (Lipinski definition) is 4. The maximum absolute atomic E-state index is 13.4. The summed E-state index contributed by atoms with van der Waals surface area (Å²) in [6, 6.07) is 3.66. The maximum Gasteiger partial charge on any atom is 0.253 e. The highest BCUT2D eigenvalue weighted by atomic mass is 32.1. The van der Waals surface area contributed by atoms with Crippen molar-refractivity contribution >= 4 is 17.2 Å². The highest BCUT2D eigenvalue weighted by Gasteiger charge is 2.16. The second kappa shape index (κ2) is 6.97. The minimum atomic E-state index is -0.486. The lowest BCUT2D eigenvalue weighted by Crippen LogP contribution is -2.27. The summed E-state index contributed by atoms with van der Waals surface area (Å²) in [6.45, 7) is 2.00. The number of amides is 1. The van der Waals surface area contributed by atoms with Crippen molar-refractivity contribution in [3.05, 3.63) is 51.7 Å². The lowest BCUT2D eigenvalue weighted by molar-refractivity contribution is 0.0939. The number of nitrogens with zero attached hydrogens (tertiary/aromatic N) is 1. The number of thiazole rings is 1. The standard InChI is InChI=1S/C15H14FN3OS/c1-10(15-18-7-8-21-15)19-14(20)13-9-12(16)5-4-11(13)3-2-6-17/h4-5,7-10H,6,17H2,1H3,(H,19,20). The van der Waals surface area contributed by atoms with Crippen molar-refractivity contribution in [2.75, 3.05) is 6.54 Å². The molecule has 1 amide bonds. The monoisotopic (exact) mass is 303 g/mol. The molecule has 6 heteroatoms. The second-order valence-corrected chi connectivity index (χ2v) is 5.19. The summed E-state index contributed by atoms with van der Waals surface area (Å²) < 4.78 is 13.4. The molecule has 4 nitrogen and oxygen atoms in total. The van der Waals surface area contributed by atoms with Gasteiger partial charge in [0.05, 0.1) is 18.2 Å². The van der Waals surface area contributed by atoms with Crippen molar-refractivity contribution in [3.8, 4) is 11.8 Å². The molecule has 0 radical (unpaired) electrons. The third-order valence-corrected chi connectivity index (χ3v) is 3.68. The lowest BCUT2D eigenvalue weighted by Gasteiger charge is -2.12. The normalized spacial score (nSPS) is 11.4. The number of carbonyl (C=O) groups excluding carboxylic acids is 1. The maximum atomic E-state index is 13.4. The Hall–Kier alpha value is -2.23. The molecule has 0 saturated carbocycles. The van der Waals surface area contributed by atoms with Gasteiger partial charge in [-0.1, -0.05) is 11.8 Å². The molecule has 0 saturated heterocycles. The van der Waals surface area contributed by atoms with E-state index in [1.165, 1.54) is 29.5 Å². The molecule has 1 unspecified atom stereocenters. The van der Waals surface area contributed by atoms with Gasteiger partial charge in [0.1, 0.15) is 10.8 Å². The zero-order chi connectivity index (χ0) is 15.2.